The second-order valence-electron chi connectivity index (χ2n) is 3.43. The number of hydrogen-bond donors (Lipinski definition) is 4. The molecule has 0 amide bonds. The predicted octanol–water partition coefficient (Wildman–Crippen LogP) is 0.121. The summed E-state index contributed by atoms with van der Waals surface area (Å²) in [6.07, 6.45) is 1.92. The van der Waals surface area contributed by atoms with Crippen LogP contribution >= 0.6 is 0 Å². The molecule has 1 aliphatic rings. The van der Waals surface area contributed by atoms with Crippen molar-refractivity contribution in [1.82, 2.24) is 0 Å². The predicted molar refractivity (Wildman–Crippen MR) is 52.2 cm³/mol. The molecule has 5 heteroatoms. The van der Waals surface area contributed by atoms with E-state index in [1.807, 2.05) is 0 Å². The third-order valence-corrected chi connectivity index (χ3v) is 2.20. The molecule has 0 radical (unpaired) electrons. The second kappa shape index (κ2) is 3.88. The molecule has 0 saturated carbocycles. The number of carbonyl (C=O) groups is 1. The quantitative estimate of drug-likeness (QED) is 0.498. The van der Waals surface area contributed by atoms with Gasteiger partial charge in [-0.1, -0.05) is 12.7 Å². The van der Waals surface area contributed by atoms with Crippen molar-refractivity contribution in [2.45, 2.75) is 18.1 Å². The lowest BCUT2D eigenvalue weighted by molar-refractivity contribution is -0.133. The van der Waals surface area contributed by atoms with Gasteiger partial charge >= 0.3 is 5.97 Å². The summed E-state index contributed by atoms with van der Waals surface area (Å²) < 4.78 is 0. The average molecular weight is 212 g/mol. The van der Waals surface area contributed by atoms with Crippen molar-refractivity contribution in [2.24, 2.45) is 0 Å². The van der Waals surface area contributed by atoms with Gasteiger partial charge in [0.15, 0.2) is 0 Å². The third kappa shape index (κ3) is 2.26. The van der Waals surface area contributed by atoms with Crippen molar-refractivity contribution < 1.29 is 25.2 Å². The molecule has 0 aliphatic heterocycles. The number of allylic oxidation sites excluding steroid dienone is 2. The molecule has 0 aromatic carbocycles. The van der Waals surface area contributed by atoms with Crippen LogP contribution in [-0.4, -0.2) is 38.1 Å². The molecule has 0 heterocycles. The fraction of sp³-hybridized carbons (Fsp3) is 0.300. The first kappa shape index (κ1) is 11.5. The van der Waals surface area contributed by atoms with E-state index < -0.39 is 23.4 Å². The van der Waals surface area contributed by atoms with E-state index in [9.17, 15) is 20.1 Å². The average Bonchev–Trinajstić information content (AvgIpc) is 2.14. The van der Waals surface area contributed by atoms with Crippen LogP contribution in [0.15, 0.2) is 36.1 Å². The van der Waals surface area contributed by atoms with Crippen molar-refractivity contribution in [3.63, 3.8) is 0 Å². The highest BCUT2D eigenvalue weighted by atomic mass is 16.4. The molecule has 4 N–H and O–H groups in total. The van der Waals surface area contributed by atoms with E-state index in [0.717, 1.165) is 0 Å². The Kier molecular flexibility index (Phi) is 2.97. The minimum absolute atomic E-state index is 0.240. The van der Waals surface area contributed by atoms with Crippen molar-refractivity contribution in [2.75, 3.05) is 0 Å². The van der Waals surface area contributed by atoms with Crippen molar-refractivity contribution >= 4 is 5.97 Å². The molecule has 0 aromatic heterocycles. The van der Waals surface area contributed by atoms with Gasteiger partial charge in [-0.25, -0.2) is 4.79 Å². The lowest BCUT2D eigenvalue weighted by Crippen LogP contribution is -2.43. The Morgan fingerprint density at radius 3 is 2.73 bits per heavy atom. The van der Waals surface area contributed by atoms with Crippen molar-refractivity contribution in [1.29, 1.82) is 0 Å². The Labute approximate surface area is 86.3 Å². The Bertz CT molecular complexity index is 355. The minimum atomic E-state index is -1.81. The van der Waals surface area contributed by atoms with Crippen molar-refractivity contribution in [3.05, 3.63) is 36.1 Å². The largest absolute Gasteiger partial charge is 0.509 e. The summed E-state index contributed by atoms with van der Waals surface area (Å²) in [7, 11) is 0. The molecular weight excluding hydrogens is 200 g/mol. The summed E-state index contributed by atoms with van der Waals surface area (Å²) in [5.74, 6) is -1.66. The van der Waals surface area contributed by atoms with Gasteiger partial charge in [0.1, 0.15) is 17.5 Å². The number of hydrogen-bond acceptors (Lipinski definition) is 4. The summed E-state index contributed by atoms with van der Waals surface area (Å²) in [6.45, 7) is 3.25. The van der Waals surface area contributed by atoms with Gasteiger partial charge in [-0.3, -0.25) is 0 Å². The lowest BCUT2D eigenvalue weighted by atomic mass is 9.85. The van der Waals surface area contributed by atoms with Crippen LogP contribution in [0.2, 0.25) is 0 Å². The van der Waals surface area contributed by atoms with Gasteiger partial charge in [-0.2, -0.15) is 0 Å². The summed E-state index contributed by atoms with van der Waals surface area (Å²) in [5.41, 5.74) is -2.05. The van der Waals surface area contributed by atoms with Crippen LogP contribution in [0.4, 0.5) is 0 Å². The minimum Gasteiger partial charge on any atom is -0.509 e. The molecule has 0 bridgehead atoms. The van der Waals surface area contributed by atoms with Gasteiger partial charge in [-0.05, 0) is 12.2 Å². The Morgan fingerprint density at radius 1 is 1.60 bits per heavy atom. The van der Waals surface area contributed by atoms with E-state index in [0.29, 0.717) is 0 Å². The first-order chi connectivity index (χ1) is 6.87. The van der Waals surface area contributed by atoms with Crippen LogP contribution < -0.4 is 0 Å². The summed E-state index contributed by atoms with van der Waals surface area (Å²) in [6, 6.07) is 0. The molecule has 1 aliphatic carbocycles. The smallest absolute Gasteiger partial charge is 0.331 e. The topological polar surface area (TPSA) is 98.0 Å². The Hall–Kier alpha value is -1.59. The van der Waals surface area contributed by atoms with Gasteiger partial charge in [0, 0.05) is 12.0 Å². The Balaban J connectivity index is 2.85. The molecule has 2 unspecified atom stereocenters. The Morgan fingerprint density at radius 2 is 2.20 bits per heavy atom. The van der Waals surface area contributed by atoms with Crippen LogP contribution in [0.1, 0.15) is 6.42 Å². The summed E-state index contributed by atoms with van der Waals surface area (Å²) in [4.78, 5) is 10.5. The molecular formula is C10H12O5. The molecule has 0 saturated heterocycles. The van der Waals surface area contributed by atoms with E-state index in [2.05, 4.69) is 6.58 Å². The molecule has 0 aromatic rings. The fourth-order valence-electron chi connectivity index (χ4n) is 1.32. The molecule has 5 nitrogen and oxygen atoms in total. The monoisotopic (exact) mass is 212 g/mol. The normalized spacial score (nSPS) is 29.7. The molecule has 1 rings (SSSR count). The zero-order valence-electron chi connectivity index (χ0n) is 7.92. The number of carboxylic acids is 1. The highest BCUT2D eigenvalue weighted by Gasteiger charge is 2.38. The van der Waals surface area contributed by atoms with E-state index in [4.69, 9.17) is 5.11 Å². The number of aliphatic hydroxyl groups excluding tert-OH is 2. The number of carboxylic acid groups (broad SMARTS) is 1. The first-order valence-corrected chi connectivity index (χ1v) is 4.27. The number of rotatable bonds is 3. The standard InChI is InChI=1S/C10H12O5/c1-6(9(13)14)5-10(15)4-2-3-7(11)8(10)12/h2-4,8,11-12,15H,1,5H2,(H,13,14). The van der Waals surface area contributed by atoms with Crippen molar-refractivity contribution in [3.8, 4) is 0 Å². The zero-order valence-corrected chi connectivity index (χ0v) is 7.92. The first-order valence-electron chi connectivity index (χ1n) is 4.27. The molecule has 0 spiro atoms. The van der Waals surface area contributed by atoms with Gasteiger partial charge in [0.25, 0.3) is 0 Å². The molecule has 15 heavy (non-hydrogen) atoms. The SMILES string of the molecule is C=C(CC1(O)C=CC=C(O)C1O)C(=O)O. The molecule has 82 valence electrons. The number of aliphatic hydroxyl groups is 3. The lowest BCUT2D eigenvalue weighted by Gasteiger charge is -2.31. The van der Waals surface area contributed by atoms with Crippen LogP contribution in [0.25, 0.3) is 0 Å². The fourth-order valence-corrected chi connectivity index (χ4v) is 1.32. The van der Waals surface area contributed by atoms with E-state index in [1.54, 1.807) is 0 Å². The number of aliphatic carboxylic acids is 1. The van der Waals surface area contributed by atoms with Crippen LogP contribution in [-0.2, 0) is 4.79 Å². The third-order valence-electron chi connectivity index (χ3n) is 2.20. The summed E-state index contributed by atoms with van der Waals surface area (Å²) >= 11 is 0. The van der Waals surface area contributed by atoms with Gasteiger partial charge in [0.2, 0.25) is 0 Å². The summed E-state index contributed by atoms with van der Waals surface area (Å²) in [5, 5.41) is 37.1. The maximum Gasteiger partial charge on any atom is 0.331 e. The van der Waals surface area contributed by atoms with Gasteiger partial charge in [-0.15, -0.1) is 0 Å². The van der Waals surface area contributed by atoms with E-state index in [-0.39, 0.29) is 12.0 Å². The van der Waals surface area contributed by atoms with Crippen LogP contribution in [0.5, 0.6) is 0 Å². The second-order valence-corrected chi connectivity index (χ2v) is 3.43. The van der Waals surface area contributed by atoms with E-state index >= 15 is 0 Å². The maximum absolute atomic E-state index is 10.5. The molecule has 0 fully saturated rings. The highest BCUT2D eigenvalue weighted by molar-refractivity contribution is 5.86. The molecule has 2 atom stereocenters. The van der Waals surface area contributed by atoms with E-state index in [1.165, 1.54) is 18.2 Å². The van der Waals surface area contributed by atoms with Gasteiger partial charge < -0.3 is 20.4 Å². The van der Waals surface area contributed by atoms with Gasteiger partial charge in [0.05, 0.1) is 0 Å². The van der Waals surface area contributed by atoms with Crippen LogP contribution in [0, 0.1) is 0 Å². The zero-order chi connectivity index (χ0) is 11.6. The van der Waals surface area contributed by atoms with Crippen LogP contribution in [0.3, 0.4) is 0 Å². The maximum atomic E-state index is 10.5. The highest BCUT2D eigenvalue weighted by Crippen LogP contribution is 2.28.